The maximum absolute atomic E-state index is 10.4. The fraction of sp³-hybridized carbons (Fsp3) is 0.133. The van der Waals surface area contributed by atoms with Gasteiger partial charge in [0.15, 0.2) is 0 Å². The Morgan fingerprint density at radius 1 is 1.38 bits per heavy atom. The molecule has 1 aromatic heterocycles. The van der Waals surface area contributed by atoms with Crippen molar-refractivity contribution in [3.8, 4) is 11.8 Å². The summed E-state index contributed by atoms with van der Waals surface area (Å²) in [5.41, 5.74) is 1.56. The Labute approximate surface area is 126 Å². The number of rotatable bonds is 5. The Hall–Kier alpha value is -2.40. The van der Waals surface area contributed by atoms with Crippen molar-refractivity contribution in [3.05, 3.63) is 52.8 Å². The number of ether oxygens (including phenoxy) is 1. The van der Waals surface area contributed by atoms with E-state index in [1.54, 1.807) is 12.1 Å². The topological polar surface area (TPSA) is 72.3 Å². The molecule has 21 heavy (non-hydrogen) atoms. The SMILES string of the molecule is CCc1cc(Oc2ncc(/C=C/C(=O)O)cn2)ccc1Cl. The smallest absolute Gasteiger partial charge is 0.328 e. The lowest BCUT2D eigenvalue weighted by Gasteiger charge is -2.06. The molecule has 0 aliphatic carbocycles. The highest BCUT2D eigenvalue weighted by atomic mass is 35.5. The normalized spacial score (nSPS) is 10.8. The van der Waals surface area contributed by atoms with Crippen molar-refractivity contribution < 1.29 is 14.6 Å². The zero-order valence-electron chi connectivity index (χ0n) is 11.3. The molecule has 0 saturated heterocycles. The van der Waals surface area contributed by atoms with E-state index in [4.69, 9.17) is 21.4 Å². The van der Waals surface area contributed by atoms with Crippen LogP contribution in [-0.2, 0) is 11.2 Å². The van der Waals surface area contributed by atoms with Gasteiger partial charge >= 0.3 is 12.0 Å². The number of hydrogen-bond acceptors (Lipinski definition) is 4. The second-order valence-corrected chi connectivity index (χ2v) is 4.59. The van der Waals surface area contributed by atoms with E-state index in [0.717, 1.165) is 18.1 Å². The lowest BCUT2D eigenvalue weighted by Crippen LogP contribution is -1.93. The van der Waals surface area contributed by atoms with Gasteiger partial charge in [0, 0.05) is 29.1 Å². The van der Waals surface area contributed by atoms with Crippen molar-refractivity contribution >= 4 is 23.6 Å². The lowest BCUT2D eigenvalue weighted by atomic mass is 10.1. The van der Waals surface area contributed by atoms with Crippen LogP contribution in [0.2, 0.25) is 5.02 Å². The molecule has 0 radical (unpaired) electrons. The van der Waals surface area contributed by atoms with Crippen molar-refractivity contribution in [1.29, 1.82) is 0 Å². The minimum atomic E-state index is -1.02. The van der Waals surface area contributed by atoms with Gasteiger partial charge in [-0.2, -0.15) is 0 Å². The summed E-state index contributed by atoms with van der Waals surface area (Å²) in [4.78, 5) is 18.4. The second-order valence-electron chi connectivity index (χ2n) is 4.18. The average Bonchev–Trinajstić information content (AvgIpc) is 2.48. The molecule has 2 aromatic rings. The maximum Gasteiger partial charge on any atom is 0.328 e. The Morgan fingerprint density at radius 3 is 2.71 bits per heavy atom. The summed E-state index contributed by atoms with van der Waals surface area (Å²) in [6.07, 6.45) is 6.20. The highest BCUT2D eigenvalue weighted by molar-refractivity contribution is 6.31. The second kappa shape index (κ2) is 6.85. The van der Waals surface area contributed by atoms with Gasteiger partial charge < -0.3 is 9.84 Å². The highest BCUT2D eigenvalue weighted by Gasteiger charge is 2.04. The molecule has 0 aliphatic heterocycles. The molecular formula is C15H13ClN2O3. The van der Waals surface area contributed by atoms with E-state index in [0.29, 0.717) is 16.3 Å². The van der Waals surface area contributed by atoms with Gasteiger partial charge in [-0.1, -0.05) is 18.5 Å². The quantitative estimate of drug-likeness (QED) is 0.855. The monoisotopic (exact) mass is 304 g/mol. The zero-order valence-corrected chi connectivity index (χ0v) is 12.0. The molecule has 0 spiro atoms. The molecule has 1 N–H and O–H groups in total. The number of carboxylic acid groups (broad SMARTS) is 1. The van der Waals surface area contributed by atoms with Gasteiger partial charge in [-0.15, -0.1) is 0 Å². The summed E-state index contributed by atoms with van der Waals surface area (Å²) in [5, 5.41) is 9.23. The van der Waals surface area contributed by atoms with Crippen LogP contribution in [0.4, 0.5) is 0 Å². The average molecular weight is 305 g/mol. The van der Waals surface area contributed by atoms with Crippen LogP contribution in [-0.4, -0.2) is 21.0 Å². The van der Waals surface area contributed by atoms with E-state index in [1.165, 1.54) is 18.5 Å². The molecule has 0 bridgehead atoms. The van der Waals surface area contributed by atoms with Crippen LogP contribution in [0.25, 0.3) is 6.08 Å². The molecule has 1 aromatic carbocycles. The molecule has 0 amide bonds. The van der Waals surface area contributed by atoms with Gasteiger partial charge in [0.25, 0.3) is 0 Å². The number of benzene rings is 1. The first-order valence-corrected chi connectivity index (χ1v) is 6.65. The number of aliphatic carboxylic acids is 1. The minimum Gasteiger partial charge on any atom is -0.478 e. The highest BCUT2D eigenvalue weighted by Crippen LogP contribution is 2.25. The number of aryl methyl sites for hydroxylation is 1. The van der Waals surface area contributed by atoms with Crippen LogP contribution in [0, 0.1) is 0 Å². The number of hydrogen-bond donors (Lipinski definition) is 1. The third kappa shape index (κ3) is 4.29. The molecule has 0 saturated carbocycles. The summed E-state index contributed by atoms with van der Waals surface area (Å²) in [6, 6.07) is 5.53. The Bertz CT molecular complexity index is 669. The van der Waals surface area contributed by atoms with E-state index < -0.39 is 5.97 Å². The van der Waals surface area contributed by atoms with Gasteiger partial charge in [0.1, 0.15) is 5.75 Å². The predicted molar refractivity (Wildman–Crippen MR) is 79.6 cm³/mol. The van der Waals surface area contributed by atoms with Crippen LogP contribution in [0.1, 0.15) is 18.1 Å². The lowest BCUT2D eigenvalue weighted by molar-refractivity contribution is -0.131. The zero-order chi connectivity index (χ0) is 15.2. The molecule has 0 atom stereocenters. The molecular weight excluding hydrogens is 292 g/mol. The summed E-state index contributed by atoms with van der Waals surface area (Å²) in [5.74, 6) is -0.423. The third-order valence-corrected chi connectivity index (χ3v) is 3.04. The van der Waals surface area contributed by atoms with Gasteiger partial charge in [-0.3, -0.25) is 0 Å². The van der Waals surface area contributed by atoms with Crippen molar-refractivity contribution in [2.75, 3.05) is 0 Å². The first-order valence-electron chi connectivity index (χ1n) is 6.28. The summed E-state index contributed by atoms with van der Waals surface area (Å²) in [7, 11) is 0. The number of aromatic nitrogens is 2. The van der Waals surface area contributed by atoms with Crippen molar-refractivity contribution in [1.82, 2.24) is 9.97 Å². The fourth-order valence-corrected chi connectivity index (χ4v) is 1.87. The largest absolute Gasteiger partial charge is 0.478 e. The summed E-state index contributed by atoms with van der Waals surface area (Å²) in [6.45, 7) is 2.01. The van der Waals surface area contributed by atoms with Crippen LogP contribution in [0.15, 0.2) is 36.7 Å². The van der Waals surface area contributed by atoms with Crippen molar-refractivity contribution in [3.63, 3.8) is 0 Å². The van der Waals surface area contributed by atoms with Crippen molar-refractivity contribution in [2.24, 2.45) is 0 Å². The molecule has 2 rings (SSSR count). The molecule has 0 fully saturated rings. The van der Waals surface area contributed by atoms with Gasteiger partial charge in [0.05, 0.1) is 0 Å². The van der Waals surface area contributed by atoms with Crippen LogP contribution in [0.5, 0.6) is 11.8 Å². The standard InChI is InChI=1S/C15H13ClN2O3/c1-2-11-7-12(4-5-13(11)16)21-15-17-8-10(9-18-15)3-6-14(19)20/h3-9H,2H2,1H3,(H,19,20)/b6-3+. The molecule has 1 heterocycles. The number of carboxylic acids is 1. The minimum absolute atomic E-state index is 0.187. The summed E-state index contributed by atoms with van der Waals surface area (Å²) >= 11 is 6.04. The Morgan fingerprint density at radius 2 is 2.10 bits per heavy atom. The Balaban J connectivity index is 2.11. The van der Waals surface area contributed by atoms with Crippen LogP contribution < -0.4 is 4.74 Å². The number of nitrogens with zero attached hydrogens (tertiary/aromatic N) is 2. The first kappa shape index (κ1) is 15.0. The van der Waals surface area contributed by atoms with E-state index in [-0.39, 0.29) is 6.01 Å². The van der Waals surface area contributed by atoms with Crippen molar-refractivity contribution in [2.45, 2.75) is 13.3 Å². The molecule has 108 valence electrons. The molecule has 0 aliphatic rings. The third-order valence-electron chi connectivity index (χ3n) is 2.67. The Kier molecular flexibility index (Phi) is 4.90. The van der Waals surface area contributed by atoms with E-state index in [9.17, 15) is 4.79 Å². The van der Waals surface area contributed by atoms with Gasteiger partial charge in [-0.25, -0.2) is 14.8 Å². The van der Waals surface area contributed by atoms with Gasteiger partial charge in [-0.05, 0) is 36.3 Å². The summed E-state index contributed by atoms with van der Waals surface area (Å²) < 4.78 is 5.54. The number of halogens is 1. The maximum atomic E-state index is 10.4. The molecule has 6 heteroatoms. The predicted octanol–water partition coefficient (Wildman–Crippen LogP) is 3.58. The molecule has 0 unspecified atom stereocenters. The van der Waals surface area contributed by atoms with Gasteiger partial charge in [0.2, 0.25) is 0 Å². The van der Waals surface area contributed by atoms with E-state index in [2.05, 4.69) is 9.97 Å². The first-order chi connectivity index (χ1) is 10.1. The van der Waals surface area contributed by atoms with Crippen LogP contribution >= 0.6 is 11.6 Å². The van der Waals surface area contributed by atoms with E-state index >= 15 is 0 Å². The molecule has 5 nitrogen and oxygen atoms in total. The number of carbonyl (C=O) groups is 1. The van der Waals surface area contributed by atoms with Crippen LogP contribution in [0.3, 0.4) is 0 Å². The van der Waals surface area contributed by atoms with E-state index in [1.807, 2.05) is 13.0 Å². The fourth-order valence-electron chi connectivity index (χ4n) is 1.62.